The summed E-state index contributed by atoms with van der Waals surface area (Å²) in [5.74, 6) is 0.213. The van der Waals surface area contributed by atoms with Gasteiger partial charge in [0.05, 0.1) is 65.5 Å². The number of carbonyl (C=O) groups is 2. The number of aromatic nitrogens is 5. The van der Waals surface area contributed by atoms with Gasteiger partial charge in [-0.3, -0.25) is 23.6 Å². The minimum Gasteiger partial charge on any atom is -0.508 e. The molecule has 5 N–H and O–H groups in total. The van der Waals surface area contributed by atoms with E-state index in [1.165, 1.54) is 81.2 Å². The van der Waals surface area contributed by atoms with Gasteiger partial charge in [-0.25, -0.2) is 14.6 Å². The number of rotatable bonds is 15. The van der Waals surface area contributed by atoms with Crippen molar-refractivity contribution in [1.82, 2.24) is 33.9 Å². The normalized spacial score (nSPS) is 20.8. The van der Waals surface area contributed by atoms with Crippen LogP contribution in [0.1, 0.15) is 58.6 Å². The zero-order chi connectivity index (χ0) is 51.5. The van der Waals surface area contributed by atoms with E-state index in [2.05, 4.69) is 26.3 Å². The van der Waals surface area contributed by atoms with Crippen LogP contribution in [0.3, 0.4) is 0 Å². The first-order valence-corrected chi connectivity index (χ1v) is 23.7. The first kappa shape index (κ1) is 51.3. The van der Waals surface area contributed by atoms with E-state index in [0.29, 0.717) is 59.9 Å². The molecule has 3 aliphatic rings. The number of aromatic amines is 1. The second-order valence-electron chi connectivity index (χ2n) is 18.4. The van der Waals surface area contributed by atoms with Crippen molar-refractivity contribution < 1.29 is 58.1 Å². The number of piperidine rings is 1. The lowest BCUT2D eigenvalue weighted by Crippen LogP contribution is -2.58. The Morgan fingerprint density at radius 1 is 0.903 bits per heavy atom. The van der Waals surface area contributed by atoms with Crippen molar-refractivity contribution in [2.24, 2.45) is 31.8 Å². The fourth-order valence-corrected chi connectivity index (χ4v) is 10.9. The van der Waals surface area contributed by atoms with Crippen LogP contribution < -0.4 is 35.5 Å². The van der Waals surface area contributed by atoms with Crippen molar-refractivity contribution in [3.05, 3.63) is 98.1 Å². The summed E-state index contributed by atoms with van der Waals surface area (Å²) >= 11 is 0. The Kier molecular flexibility index (Phi) is 15.5. The quantitative estimate of drug-likeness (QED) is 0.0726. The molecular weight excluding hydrogens is 935 g/mol. The molecule has 72 heavy (non-hydrogen) atoms. The number of phenols is 2. The molecule has 21 heteroatoms. The first-order chi connectivity index (χ1) is 34.6. The highest BCUT2D eigenvalue weighted by Crippen LogP contribution is 2.51. The molecule has 0 spiro atoms. The molecular formula is C51H63N7O14. The summed E-state index contributed by atoms with van der Waals surface area (Å²) in [4.78, 5) is 61.6. The van der Waals surface area contributed by atoms with Gasteiger partial charge in [0.1, 0.15) is 29.5 Å². The lowest BCUT2D eigenvalue weighted by Gasteiger charge is -2.52. The molecule has 7 atom stereocenters. The minimum absolute atomic E-state index is 0.0170. The minimum atomic E-state index is -0.881. The number of aliphatic hydroxyl groups excluding tert-OH is 1. The van der Waals surface area contributed by atoms with Gasteiger partial charge < -0.3 is 63.3 Å². The Labute approximate surface area is 414 Å². The second-order valence-corrected chi connectivity index (χ2v) is 18.4. The van der Waals surface area contributed by atoms with Crippen LogP contribution in [0.25, 0.3) is 22.1 Å². The lowest BCUT2D eigenvalue weighted by atomic mass is 9.63. The van der Waals surface area contributed by atoms with Crippen LogP contribution in [0.15, 0.2) is 64.4 Å². The van der Waals surface area contributed by atoms with Crippen LogP contribution in [-0.4, -0.2) is 137 Å². The average Bonchev–Trinajstić information content (AvgIpc) is 3.99. The summed E-state index contributed by atoms with van der Waals surface area (Å²) in [5.41, 5.74) is 4.16. The van der Waals surface area contributed by atoms with Crippen LogP contribution in [-0.2, 0) is 46.1 Å². The average molecular weight is 998 g/mol. The van der Waals surface area contributed by atoms with Crippen molar-refractivity contribution in [3.8, 4) is 34.5 Å². The molecule has 0 radical (unpaired) electrons. The number of carbonyl (C=O) groups excluding carboxylic acids is 2. The number of ether oxygens (including phenoxy) is 7. The van der Waals surface area contributed by atoms with Gasteiger partial charge in [-0.15, -0.1) is 0 Å². The summed E-state index contributed by atoms with van der Waals surface area (Å²) < 4.78 is 43.2. The topological polar surface area (TPSA) is 252 Å². The third-order valence-corrected chi connectivity index (χ3v) is 14.4. The van der Waals surface area contributed by atoms with E-state index in [1.54, 1.807) is 38.0 Å². The Bertz CT molecular complexity index is 3020. The van der Waals surface area contributed by atoms with Gasteiger partial charge in [-0.05, 0) is 91.6 Å². The Morgan fingerprint density at radius 3 is 2.28 bits per heavy atom. The Balaban J connectivity index is 0.000000213. The molecule has 2 aliphatic heterocycles. The molecule has 21 nitrogen and oxygen atoms in total. The van der Waals surface area contributed by atoms with Gasteiger partial charge in [0.15, 0.2) is 22.7 Å². The maximum atomic E-state index is 13.5. The van der Waals surface area contributed by atoms with Gasteiger partial charge in [0, 0.05) is 76.1 Å². The van der Waals surface area contributed by atoms with Gasteiger partial charge in [0.25, 0.3) is 5.56 Å². The molecule has 6 aromatic rings. The summed E-state index contributed by atoms with van der Waals surface area (Å²) in [6.45, 7) is 3.00. The van der Waals surface area contributed by atoms with Gasteiger partial charge >= 0.3 is 17.6 Å². The molecule has 3 aromatic heterocycles. The number of benzene rings is 3. The summed E-state index contributed by atoms with van der Waals surface area (Å²) in [6.07, 6.45) is 2.24. The van der Waals surface area contributed by atoms with E-state index >= 15 is 0 Å². The summed E-state index contributed by atoms with van der Waals surface area (Å²) in [7, 11) is 12.1. The fraction of sp³-hybridized carbons (Fsp3) is 0.471. The van der Waals surface area contributed by atoms with Crippen molar-refractivity contribution in [1.29, 1.82) is 0 Å². The lowest BCUT2D eigenvalue weighted by molar-refractivity contribution is -0.176. The van der Waals surface area contributed by atoms with Crippen LogP contribution in [0.4, 0.5) is 0 Å². The molecule has 1 aliphatic carbocycles. The molecule has 1 saturated heterocycles. The van der Waals surface area contributed by atoms with E-state index in [1.807, 2.05) is 12.1 Å². The SMILES string of the molecule is COC(=O)[C@H]1[C@H]2C[C@@H]3c4[nH]c5cc(OC)ccc5c4CCN3C[C@H]2C[C@@H](OC(=O)c2cc(OC)c(OC)c(OC)c2)[C@@H]1OC.Cn1c(=O)c2c(ncn2CCCNCC(O)c2cc(O)cc(O)c2)n(C)c1=O. The number of aliphatic hydroxyl groups is 1. The Morgan fingerprint density at radius 2 is 1.62 bits per heavy atom. The number of phenolic OH excluding ortho intramolecular Hbond substituents is 2. The number of fused-ring (bicyclic) bond motifs is 7. The van der Waals surface area contributed by atoms with Crippen molar-refractivity contribution in [3.63, 3.8) is 0 Å². The fourth-order valence-electron chi connectivity index (χ4n) is 10.9. The maximum absolute atomic E-state index is 13.5. The zero-order valence-corrected chi connectivity index (χ0v) is 41.7. The smallest absolute Gasteiger partial charge is 0.338 e. The predicted molar refractivity (Wildman–Crippen MR) is 263 cm³/mol. The van der Waals surface area contributed by atoms with Crippen LogP contribution in [0.5, 0.6) is 34.5 Å². The molecule has 2 fully saturated rings. The van der Waals surface area contributed by atoms with Crippen molar-refractivity contribution >= 4 is 34.0 Å². The van der Waals surface area contributed by atoms with Crippen molar-refractivity contribution in [2.45, 2.75) is 56.6 Å². The molecule has 386 valence electrons. The number of nitrogens with one attached hydrogen (secondary N) is 2. The largest absolute Gasteiger partial charge is 0.508 e. The number of hydrogen-bond acceptors (Lipinski definition) is 17. The van der Waals surface area contributed by atoms with E-state index in [0.717, 1.165) is 41.8 Å². The number of aromatic hydroxyl groups is 2. The molecule has 1 saturated carbocycles. The molecule has 5 heterocycles. The first-order valence-electron chi connectivity index (χ1n) is 23.7. The highest BCUT2D eigenvalue weighted by atomic mass is 16.6. The van der Waals surface area contributed by atoms with Crippen molar-refractivity contribution in [2.75, 3.05) is 68.8 Å². The molecule has 3 aromatic carbocycles. The number of esters is 2. The number of methoxy groups -OCH3 is 6. The Hall–Kier alpha value is -7.07. The van der Waals surface area contributed by atoms with Gasteiger partial charge in [-0.1, -0.05) is 0 Å². The van der Waals surface area contributed by atoms with Gasteiger partial charge in [-0.2, -0.15) is 0 Å². The molecule has 0 bridgehead atoms. The van der Waals surface area contributed by atoms with E-state index in [4.69, 9.17) is 33.2 Å². The third kappa shape index (κ3) is 9.93. The maximum Gasteiger partial charge on any atom is 0.338 e. The highest BCUT2D eigenvalue weighted by Gasteiger charge is 2.54. The number of H-pyrrole nitrogens is 1. The number of hydrogen-bond donors (Lipinski definition) is 5. The van der Waals surface area contributed by atoms with E-state index in [-0.39, 0.29) is 53.0 Å². The number of imidazole rings is 1. The van der Waals surface area contributed by atoms with Crippen LogP contribution >= 0.6 is 0 Å². The van der Waals surface area contributed by atoms with Gasteiger partial charge in [0.2, 0.25) is 5.75 Å². The predicted octanol–water partition coefficient (Wildman–Crippen LogP) is 3.73. The highest BCUT2D eigenvalue weighted by molar-refractivity contribution is 5.91. The molecule has 1 unspecified atom stereocenters. The summed E-state index contributed by atoms with van der Waals surface area (Å²) in [5, 5.41) is 33.4. The van der Waals surface area contributed by atoms with Crippen LogP contribution in [0.2, 0.25) is 0 Å². The number of aryl methyl sites for hydroxylation is 2. The molecule has 0 amide bonds. The summed E-state index contributed by atoms with van der Waals surface area (Å²) in [6, 6.07) is 13.4. The molecule has 9 rings (SSSR count). The van der Waals surface area contributed by atoms with Crippen LogP contribution in [0, 0.1) is 17.8 Å². The number of nitrogens with zero attached hydrogens (tertiary/aromatic N) is 5. The standard InChI is InChI=1S/C33H40N2O9.C18H23N5O5/c1-38-19-7-8-20-21-9-10-35-16-18-13-27(44-32(36)17-11-25(39-2)30(41-4)26(12-17)40-3)31(42-5)28(33(37)43-6)22(18)15-24(35)29(21)34-23(20)14-19;1-21-16-15(17(27)22(2)18(21)28)23(10-20-16)5-3-4-19-9-14(26)11-6-12(24)8-13(25)7-11/h7-8,11-12,14,18,22,24,27-28,31,34H,9-10,13,15-16H2,1-6H3;6-8,10,14,19,24-26H,3-5,9H2,1-2H3/t18-,22+,24-,27-,28+,31+;/m1./s1. The zero-order valence-electron chi connectivity index (χ0n) is 41.7. The monoisotopic (exact) mass is 997 g/mol. The van der Waals surface area contributed by atoms with E-state index in [9.17, 15) is 34.5 Å². The third-order valence-electron chi connectivity index (χ3n) is 14.4. The second kappa shape index (κ2) is 21.7. The van der Waals surface area contributed by atoms with E-state index < -0.39 is 35.9 Å².